The van der Waals surface area contributed by atoms with E-state index in [0.717, 1.165) is 40.7 Å². The summed E-state index contributed by atoms with van der Waals surface area (Å²) in [5, 5.41) is 4.57. The fraction of sp³-hybridized carbons (Fsp3) is 0.192. The highest BCUT2D eigenvalue weighted by Crippen LogP contribution is 2.38. The minimum absolute atomic E-state index is 0.440. The van der Waals surface area contributed by atoms with Crippen LogP contribution >= 0.6 is 11.6 Å². The summed E-state index contributed by atoms with van der Waals surface area (Å²) in [6, 6.07) is 14.9. The molecule has 184 valence electrons. The van der Waals surface area contributed by atoms with E-state index in [1.54, 1.807) is 18.3 Å². The molecule has 10 heteroatoms. The quantitative estimate of drug-likeness (QED) is 0.310. The normalized spacial score (nSPS) is 14.8. The molecule has 0 aliphatic heterocycles. The van der Waals surface area contributed by atoms with Gasteiger partial charge in [-0.15, -0.1) is 0 Å². The number of aryl methyl sites for hydroxylation is 1. The molecule has 8 nitrogen and oxygen atoms in total. The number of benzene rings is 2. The second-order valence-electron chi connectivity index (χ2n) is 8.87. The number of fused-ring (bicyclic) bond motifs is 1. The Labute approximate surface area is 214 Å². The lowest BCUT2D eigenvalue weighted by atomic mass is 10.1. The number of anilines is 2. The van der Waals surface area contributed by atoms with Crippen LogP contribution in [0.1, 0.15) is 24.1 Å². The molecule has 2 N–H and O–H groups in total. The zero-order chi connectivity index (χ0) is 25.3. The lowest BCUT2D eigenvalue weighted by Gasteiger charge is -2.12. The van der Waals surface area contributed by atoms with Crippen LogP contribution < -0.4 is 14.8 Å². The summed E-state index contributed by atoms with van der Waals surface area (Å²) in [5.74, 6) is 1.74. The highest BCUT2D eigenvalue weighted by atomic mass is 35.5. The Morgan fingerprint density at radius 2 is 1.89 bits per heavy atom. The van der Waals surface area contributed by atoms with Crippen LogP contribution in [0.15, 0.2) is 67.1 Å². The molecule has 0 saturated heterocycles. The van der Waals surface area contributed by atoms with E-state index in [9.17, 15) is 8.42 Å². The SMILES string of the molecule is Cc1ccc(Oc2ccc(Nc3ncnc4ccc(C=CC5(NS(C)(=O)=O)CC5)cc34)cc2Cl)cn1. The van der Waals surface area contributed by atoms with Crippen molar-refractivity contribution in [1.82, 2.24) is 19.7 Å². The van der Waals surface area contributed by atoms with Gasteiger partial charge in [0.1, 0.15) is 23.6 Å². The molecule has 0 atom stereocenters. The number of sulfonamides is 1. The molecule has 4 aromatic rings. The summed E-state index contributed by atoms with van der Waals surface area (Å²) in [6.45, 7) is 1.91. The van der Waals surface area contributed by atoms with Crippen molar-refractivity contribution in [2.24, 2.45) is 0 Å². The molecule has 1 fully saturated rings. The zero-order valence-corrected chi connectivity index (χ0v) is 21.3. The third-order valence-corrected chi connectivity index (χ3v) is 6.81. The van der Waals surface area contributed by atoms with Crippen molar-refractivity contribution in [3.63, 3.8) is 0 Å². The second kappa shape index (κ2) is 9.50. The predicted octanol–water partition coefficient (Wildman–Crippen LogP) is 5.62. The monoisotopic (exact) mass is 521 g/mol. The number of rotatable bonds is 8. The Bertz CT molecular complexity index is 1570. The Hall–Kier alpha value is -3.53. The topological polar surface area (TPSA) is 106 Å². The van der Waals surface area contributed by atoms with Crippen molar-refractivity contribution < 1.29 is 13.2 Å². The summed E-state index contributed by atoms with van der Waals surface area (Å²) in [5.41, 5.74) is 2.84. The molecule has 0 bridgehead atoms. The summed E-state index contributed by atoms with van der Waals surface area (Å²) < 4.78 is 31.9. The molecule has 0 radical (unpaired) electrons. The van der Waals surface area contributed by atoms with E-state index in [-0.39, 0.29) is 0 Å². The first-order valence-corrected chi connectivity index (χ1v) is 13.6. The minimum Gasteiger partial charge on any atom is -0.454 e. The molecule has 0 amide bonds. The molecule has 5 rings (SSSR count). The van der Waals surface area contributed by atoms with E-state index in [1.165, 1.54) is 12.6 Å². The van der Waals surface area contributed by atoms with Gasteiger partial charge in [0.2, 0.25) is 10.0 Å². The van der Waals surface area contributed by atoms with Crippen molar-refractivity contribution >= 4 is 50.1 Å². The molecular weight excluding hydrogens is 498 g/mol. The van der Waals surface area contributed by atoms with Crippen molar-refractivity contribution in [3.05, 3.63) is 83.4 Å². The fourth-order valence-corrected chi connectivity index (χ4v) is 5.01. The van der Waals surface area contributed by atoms with Gasteiger partial charge in [0.05, 0.1) is 28.5 Å². The largest absolute Gasteiger partial charge is 0.454 e. The highest BCUT2D eigenvalue weighted by molar-refractivity contribution is 7.88. The van der Waals surface area contributed by atoms with Crippen molar-refractivity contribution in [1.29, 1.82) is 0 Å². The van der Waals surface area contributed by atoms with Gasteiger partial charge in [-0.25, -0.2) is 23.1 Å². The summed E-state index contributed by atoms with van der Waals surface area (Å²) >= 11 is 6.48. The van der Waals surface area contributed by atoms with E-state index in [0.29, 0.717) is 22.3 Å². The van der Waals surface area contributed by atoms with Gasteiger partial charge in [-0.3, -0.25) is 4.98 Å². The van der Waals surface area contributed by atoms with Crippen LogP contribution in [0.25, 0.3) is 17.0 Å². The maximum Gasteiger partial charge on any atom is 0.209 e. The Morgan fingerprint density at radius 1 is 1.06 bits per heavy atom. The summed E-state index contributed by atoms with van der Waals surface area (Å²) in [7, 11) is -3.28. The summed E-state index contributed by atoms with van der Waals surface area (Å²) in [4.78, 5) is 13.0. The molecule has 1 saturated carbocycles. The van der Waals surface area contributed by atoms with Crippen molar-refractivity contribution in [2.75, 3.05) is 11.6 Å². The maximum absolute atomic E-state index is 11.7. The van der Waals surface area contributed by atoms with Crippen LogP contribution in [0.3, 0.4) is 0 Å². The first-order chi connectivity index (χ1) is 17.2. The molecule has 0 unspecified atom stereocenters. The molecule has 1 aliphatic rings. The van der Waals surface area contributed by atoms with Crippen LogP contribution in [0.4, 0.5) is 11.5 Å². The second-order valence-corrected chi connectivity index (χ2v) is 11.0. The third kappa shape index (κ3) is 5.81. The van der Waals surface area contributed by atoms with E-state index >= 15 is 0 Å². The molecule has 36 heavy (non-hydrogen) atoms. The van der Waals surface area contributed by atoms with E-state index in [1.807, 2.05) is 55.5 Å². The fourth-order valence-electron chi connectivity index (χ4n) is 3.78. The van der Waals surface area contributed by atoms with E-state index < -0.39 is 15.6 Å². The lowest BCUT2D eigenvalue weighted by Crippen LogP contribution is -2.34. The number of nitrogens with zero attached hydrogens (tertiary/aromatic N) is 3. The lowest BCUT2D eigenvalue weighted by molar-refractivity contribution is 0.480. The van der Waals surface area contributed by atoms with Gasteiger partial charge < -0.3 is 10.1 Å². The molecular formula is C26H24ClN5O3S. The smallest absolute Gasteiger partial charge is 0.209 e. The molecule has 2 heterocycles. The van der Waals surface area contributed by atoms with Gasteiger partial charge in [-0.1, -0.05) is 29.8 Å². The first kappa shape index (κ1) is 24.2. The van der Waals surface area contributed by atoms with E-state index in [2.05, 4.69) is 25.0 Å². The number of halogens is 1. The van der Waals surface area contributed by atoms with Gasteiger partial charge in [0.25, 0.3) is 0 Å². The maximum atomic E-state index is 11.7. The average Bonchev–Trinajstić information content (AvgIpc) is 3.59. The van der Waals surface area contributed by atoms with Gasteiger partial charge in [0.15, 0.2) is 0 Å². The average molecular weight is 522 g/mol. The highest BCUT2D eigenvalue weighted by Gasteiger charge is 2.42. The van der Waals surface area contributed by atoms with Crippen LogP contribution in [-0.4, -0.2) is 35.2 Å². The van der Waals surface area contributed by atoms with Crippen molar-refractivity contribution in [3.8, 4) is 11.5 Å². The third-order valence-electron chi connectivity index (χ3n) is 5.74. The standard InChI is InChI=1S/C26H24ClN5O3S/c1-17-3-6-20(15-28-17)35-24-8-5-19(14-22(24)27)31-25-21-13-18(4-7-23(21)29-16-30-25)9-10-26(11-12-26)32-36(2,33)34/h3-10,13-16,32H,11-12H2,1-2H3,(H,29,30,31). The van der Waals surface area contributed by atoms with Gasteiger partial charge in [-0.2, -0.15) is 0 Å². The molecule has 2 aromatic carbocycles. The number of aromatic nitrogens is 3. The van der Waals surface area contributed by atoms with Crippen LogP contribution in [0.5, 0.6) is 11.5 Å². The Kier molecular flexibility index (Phi) is 6.38. The number of nitrogens with one attached hydrogen (secondary N) is 2. The number of ether oxygens (including phenoxy) is 1. The van der Waals surface area contributed by atoms with Crippen LogP contribution in [-0.2, 0) is 10.0 Å². The van der Waals surface area contributed by atoms with Gasteiger partial charge >= 0.3 is 0 Å². The van der Waals surface area contributed by atoms with Crippen LogP contribution in [0, 0.1) is 6.92 Å². The molecule has 1 aliphatic carbocycles. The van der Waals surface area contributed by atoms with E-state index in [4.69, 9.17) is 16.3 Å². The Balaban J connectivity index is 1.37. The van der Waals surface area contributed by atoms with Crippen LogP contribution in [0.2, 0.25) is 5.02 Å². The number of pyridine rings is 1. The summed E-state index contributed by atoms with van der Waals surface area (Å²) in [6.07, 6.45) is 9.72. The van der Waals surface area contributed by atoms with Crippen molar-refractivity contribution in [2.45, 2.75) is 25.3 Å². The van der Waals surface area contributed by atoms with Gasteiger partial charge in [-0.05, 0) is 67.8 Å². The first-order valence-electron chi connectivity index (χ1n) is 11.3. The predicted molar refractivity (Wildman–Crippen MR) is 142 cm³/mol. The molecule has 2 aromatic heterocycles. The number of hydrogen-bond acceptors (Lipinski definition) is 7. The minimum atomic E-state index is -3.28. The zero-order valence-electron chi connectivity index (χ0n) is 19.7. The number of hydrogen-bond donors (Lipinski definition) is 2. The van der Waals surface area contributed by atoms with Gasteiger partial charge in [0, 0.05) is 16.8 Å². The Morgan fingerprint density at radius 3 is 2.58 bits per heavy atom. The molecule has 0 spiro atoms.